The van der Waals surface area contributed by atoms with E-state index in [0.717, 1.165) is 19.3 Å². The Labute approximate surface area is 133 Å². The van der Waals surface area contributed by atoms with Crippen LogP contribution in [0.25, 0.3) is 0 Å². The molecular weight excluding hydrogens is 288 g/mol. The lowest BCUT2D eigenvalue weighted by atomic mass is 10.1. The van der Waals surface area contributed by atoms with E-state index in [9.17, 15) is 4.79 Å². The van der Waals surface area contributed by atoms with Crippen molar-refractivity contribution in [3.63, 3.8) is 0 Å². The van der Waals surface area contributed by atoms with Crippen LogP contribution in [0.3, 0.4) is 0 Å². The molecule has 1 aromatic rings. The molecule has 4 nitrogen and oxygen atoms in total. The molecule has 0 fully saturated rings. The summed E-state index contributed by atoms with van der Waals surface area (Å²) < 4.78 is 5.40. The SMILES string of the molecule is CCC(CC)[NH2+]C(CC)COC(=O)c1ccc(N)cc1.[Cl-]. The van der Waals surface area contributed by atoms with Gasteiger partial charge >= 0.3 is 5.97 Å². The molecule has 1 unspecified atom stereocenters. The van der Waals surface area contributed by atoms with Crippen LogP contribution in [0.1, 0.15) is 50.4 Å². The van der Waals surface area contributed by atoms with Gasteiger partial charge in [-0.15, -0.1) is 0 Å². The topological polar surface area (TPSA) is 68.9 Å². The molecule has 0 bridgehead atoms. The summed E-state index contributed by atoms with van der Waals surface area (Å²) in [4.78, 5) is 11.9. The Bertz CT molecular complexity index is 405. The third-order valence-electron chi connectivity index (χ3n) is 3.69. The minimum Gasteiger partial charge on any atom is -1.00 e. The van der Waals surface area contributed by atoms with E-state index in [4.69, 9.17) is 10.5 Å². The van der Waals surface area contributed by atoms with Crippen molar-refractivity contribution in [1.82, 2.24) is 0 Å². The van der Waals surface area contributed by atoms with E-state index in [-0.39, 0.29) is 18.4 Å². The average Bonchev–Trinajstić information content (AvgIpc) is 2.48. The quantitative estimate of drug-likeness (QED) is 0.476. The first-order valence-corrected chi connectivity index (χ1v) is 7.48. The number of nitrogens with two attached hydrogens (primary N) is 2. The molecule has 0 saturated carbocycles. The monoisotopic (exact) mass is 314 g/mol. The molecule has 0 aliphatic rings. The molecule has 0 aromatic heterocycles. The second kappa shape index (κ2) is 10.5. The number of hydrogen-bond acceptors (Lipinski definition) is 3. The second-order valence-corrected chi connectivity index (χ2v) is 5.16. The number of benzene rings is 1. The third-order valence-corrected chi connectivity index (χ3v) is 3.69. The normalized spacial score (nSPS) is 11.8. The van der Waals surface area contributed by atoms with E-state index >= 15 is 0 Å². The van der Waals surface area contributed by atoms with Gasteiger partial charge in [0.25, 0.3) is 0 Å². The Morgan fingerprint density at radius 1 is 1.10 bits per heavy atom. The highest BCUT2D eigenvalue weighted by Crippen LogP contribution is 2.07. The van der Waals surface area contributed by atoms with Crippen LogP contribution in [-0.4, -0.2) is 24.7 Å². The van der Waals surface area contributed by atoms with Gasteiger partial charge in [-0.1, -0.05) is 20.8 Å². The maximum atomic E-state index is 11.9. The first-order chi connectivity index (χ1) is 9.60. The summed E-state index contributed by atoms with van der Waals surface area (Å²) in [5.41, 5.74) is 6.80. The van der Waals surface area contributed by atoms with Gasteiger partial charge in [0.1, 0.15) is 12.6 Å². The Morgan fingerprint density at radius 3 is 2.10 bits per heavy atom. The number of anilines is 1. The molecule has 1 aromatic carbocycles. The fourth-order valence-electron chi connectivity index (χ4n) is 2.14. The minimum absolute atomic E-state index is 0. The van der Waals surface area contributed by atoms with Gasteiger partial charge in [-0.3, -0.25) is 0 Å². The van der Waals surface area contributed by atoms with Crippen LogP contribution in [0.2, 0.25) is 0 Å². The highest BCUT2D eigenvalue weighted by Gasteiger charge is 2.17. The highest BCUT2D eigenvalue weighted by atomic mass is 35.5. The van der Waals surface area contributed by atoms with Crippen LogP contribution in [0.5, 0.6) is 0 Å². The molecule has 21 heavy (non-hydrogen) atoms. The molecule has 120 valence electrons. The van der Waals surface area contributed by atoms with Crippen molar-refractivity contribution in [2.45, 2.75) is 52.1 Å². The van der Waals surface area contributed by atoms with Crippen LogP contribution < -0.4 is 23.5 Å². The van der Waals surface area contributed by atoms with Gasteiger partial charge in [0, 0.05) is 5.69 Å². The Kier molecular flexibility index (Phi) is 9.84. The largest absolute Gasteiger partial charge is 1.00 e. The summed E-state index contributed by atoms with van der Waals surface area (Å²) in [6.45, 7) is 6.96. The Hall–Kier alpha value is -1.26. The zero-order valence-electron chi connectivity index (χ0n) is 13.1. The molecule has 0 aliphatic heterocycles. The van der Waals surface area contributed by atoms with Crippen LogP contribution in [0.15, 0.2) is 24.3 Å². The lowest BCUT2D eigenvalue weighted by Gasteiger charge is -2.19. The van der Waals surface area contributed by atoms with Gasteiger partial charge in [0.05, 0.1) is 11.6 Å². The zero-order chi connectivity index (χ0) is 15.0. The van der Waals surface area contributed by atoms with Crippen molar-refractivity contribution in [1.29, 1.82) is 0 Å². The smallest absolute Gasteiger partial charge is 0.338 e. The molecule has 0 heterocycles. The van der Waals surface area contributed by atoms with E-state index in [0.29, 0.717) is 29.9 Å². The van der Waals surface area contributed by atoms with E-state index in [1.807, 2.05) is 0 Å². The minimum atomic E-state index is -0.276. The number of rotatable bonds is 8. The third kappa shape index (κ3) is 6.82. The van der Waals surface area contributed by atoms with Crippen molar-refractivity contribution in [2.75, 3.05) is 12.3 Å². The number of carbonyl (C=O) groups excluding carboxylic acids is 1. The van der Waals surface area contributed by atoms with E-state index in [1.54, 1.807) is 24.3 Å². The molecule has 0 saturated heterocycles. The first kappa shape index (κ1) is 19.7. The molecule has 4 N–H and O–H groups in total. The number of hydrogen-bond donors (Lipinski definition) is 2. The number of quaternary nitrogens is 1. The lowest BCUT2D eigenvalue weighted by molar-refractivity contribution is -0.723. The lowest BCUT2D eigenvalue weighted by Crippen LogP contribution is -3.00. The molecule has 0 radical (unpaired) electrons. The van der Waals surface area contributed by atoms with Crippen LogP contribution in [0, 0.1) is 0 Å². The van der Waals surface area contributed by atoms with E-state index in [2.05, 4.69) is 26.1 Å². The van der Waals surface area contributed by atoms with Crippen molar-refractivity contribution < 1.29 is 27.3 Å². The predicted octanol–water partition coefficient (Wildman–Crippen LogP) is -1.04. The van der Waals surface area contributed by atoms with Crippen LogP contribution in [-0.2, 0) is 4.74 Å². The molecule has 1 atom stereocenters. The summed E-state index contributed by atoms with van der Waals surface area (Å²) in [7, 11) is 0. The molecule has 5 heteroatoms. The van der Waals surface area contributed by atoms with Crippen molar-refractivity contribution in [2.24, 2.45) is 0 Å². The number of esters is 1. The molecular formula is C16H27ClN2O2. The Morgan fingerprint density at radius 2 is 1.62 bits per heavy atom. The number of nitrogen functional groups attached to an aromatic ring is 1. The fourth-order valence-corrected chi connectivity index (χ4v) is 2.14. The highest BCUT2D eigenvalue weighted by molar-refractivity contribution is 5.89. The van der Waals surface area contributed by atoms with Crippen molar-refractivity contribution >= 4 is 11.7 Å². The predicted molar refractivity (Wildman–Crippen MR) is 81.5 cm³/mol. The summed E-state index contributed by atoms with van der Waals surface area (Å²) in [5.74, 6) is -0.276. The van der Waals surface area contributed by atoms with Crippen molar-refractivity contribution in [3.05, 3.63) is 29.8 Å². The summed E-state index contributed by atoms with van der Waals surface area (Å²) in [5, 5.41) is 2.33. The van der Waals surface area contributed by atoms with E-state index < -0.39 is 0 Å². The van der Waals surface area contributed by atoms with Crippen LogP contribution >= 0.6 is 0 Å². The first-order valence-electron chi connectivity index (χ1n) is 7.48. The maximum Gasteiger partial charge on any atom is 0.338 e. The Balaban J connectivity index is 0.00000400. The van der Waals surface area contributed by atoms with Gasteiger partial charge < -0.3 is 28.2 Å². The standard InChI is InChI=1S/C16H26N2O2.ClH/c1-4-14(5-2)18-15(6-3)11-20-16(19)12-7-9-13(17)10-8-12;/h7-10,14-15,18H,4-6,11,17H2,1-3H3;1H. The van der Waals surface area contributed by atoms with Gasteiger partial charge in [0.2, 0.25) is 0 Å². The zero-order valence-corrected chi connectivity index (χ0v) is 13.9. The summed E-state index contributed by atoms with van der Waals surface area (Å²) >= 11 is 0. The second-order valence-electron chi connectivity index (χ2n) is 5.16. The number of ether oxygens (including phenoxy) is 1. The average molecular weight is 315 g/mol. The molecule has 1 rings (SSSR count). The molecule has 0 spiro atoms. The number of carbonyl (C=O) groups is 1. The van der Waals surface area contributed by atoms with Gasteiger partial charge in [-0.25, -0.2) is 4.79 Å². The fraction of sp³-hybridized carbons (Fsp3) is 0.562. The van der Waals surface area contributed by atoms with E-state index in [1.165, 1.54) is 0 Å². The van der Waals surface area contributed by atoms with Gasteiger partial charge in [-0.2, -0.15) is 0 Å². The molecule has 0 amide bonds. The van der Waals surface area contributed by atoms with Gasteiger partial charge in [0.15, 0.2) is 0 Å². The molecule has 0 aliphatic carbocycles. The summed E-state index contributed by atoms with van der Waals surface area (Å²) in [6, 6.07) is 7.76. The van der Waals surface area contributed by atoms with Gasteiger partial charge in [-0.05, 0) is 43.5 Å². The van der Waals surface area contributed by atoms with Crippen molar-refractivity contribution in [3.8, 4) is 0 Å². The maximum absolute atomic E-state index is 11.9. The number of halogens is 1. The summed E-state index contributed by atoms with van der Waals surface area (Å²) in [6.07, 6.45) is 3.27. The van der Waals surface area contributed by atoms with Crippen LogP contribution in [0.4, 0.5) is 5.69 Å².